The van der Waals surface area contributed by atoms with Crippen LogP contribution >= 0.6 is 62.2 Å². The van der Waals surface area contributed by atoms with Crippen LogP contribution in [0.5, 0.6) is 0 Å². The number of carbonyl (C=O) groups is 3. The highest BCUT2D eigenvalue weighted by atomic mass is 79.9. The van der Waals surface area contributed by atoms with Crippen molar-refractivity contribution in [2.75, 3.05) is 10.2 Å². The van der Waals surface area contributed by atoms with Gasteiger partial charge in [-0.2, -0.15) is 0 Å². The average Bonchev–Trinajstić information content (AvgIpc) is 3.38. The quantitative estimate of drug-likeness (QED) is 0.235. The Hall–Kier alpha value is -2.89. The van der Waals surface area contributed by atoms with Crippen LogP contribution in [0, 0.1) is 12.8 Å². The Kier molecular flexibility index (Phi) is 7.63. The van der Waals surface area contributed by atoms with Crippen molar-refractivity contribution in [2.45, 2.75) is 29.7 Å². The van der Waals surface area contributed by atoms with Crippen molar-refractivity contribution in [1.29, 1.82) is 0 Å². The van der Waals surface area contributed by atoms with Gasteiger partial charge < -0.3 is 5.32 Å². The molecule has 3 atom stereocenters. The fraction of sp³-hybridized carbons (Fsp3) is 0.172. The fourth-order valence-corrected chi connectivity index (χ4v) is 8.70. The molecule has 1 N–H and O–H groups in total. The molecule has 1 aromatic heterocycles. The van der Waals surface area contributed by atoms with Crippen molar-refractivity contribution in [3.05, 3.63) is 107 Å². The minimum absolute atomic E-state index is 0.252. The SMILES string of the molecule is Cc1ccccc1NC(=O)Cn1c2c(sc1=O)C(c1cccc(Cl)c1Cl)C1C(=O)N(c3ccc(Br)cc3)C(=O)C1S2. The van der Waals surface area contributed by atoms with Crippen molar-refractivity contribution in [2.24, 2.45) is 5.92 Å². The van der Waals surface area contributed by atoms with Crippen LogP contribution in [-0.4, -0.2) is 27.5 Å². The molecule has 0 radical (unpaired) electrons. The van der Waals surface area contributed by atoms with Gasteiger partial charge in [0.1, 0.15) is 11.8 Å². The molecule has 2 aliphatic rings. The Labute approximate surface area is 261 Å². The molecule has 1 fully saturated rings. The number of aryl methyl sites for hydroxylation is 1. The van der Waals surface area contributed by atoms with E-state index < -0.39 is 23.0 Å². The van der Waals surface area contributed by atoms with Gasteiger partial charge in [-0.1, -0.05) is 92.6 Å². The van der Waals surface area contributed by atoms with E-state index in [0.717, 1.165) is 33.1 Å². The van der Waals surface area contributed by atoms with E-state index in [1.807, 2.05) is 25.1 Å². The largest absolute Gasteiger partial charge is 0.324 e. The van der Waals surface area contributed by atoms with Gasteiger partial charge in [-0.25, -0.2) is 4.90 Å². The predicted octanol–water partition coefficient (Wildman–Crippen LogP) is 6.72. The summed E-state index contributed by atoms with van der Waals surface area (Å²) in [6.45, 7) is 1.63. The van der Waals surface area contributed by atoms with Gasteiger partial charge in [0.2, 0.25) is 17.7 Å². The van der Waals surface area contributed by atoms with E-state index >= 15 is 0 Å². The second-order valence-electron chi connectivity index (χ2n) is 9.66. The molecule has 0 bridgehead atoms. The molecule has 0 saturated carbocycles. The first-order valence-corrected chi connectivity index (χ1v) is 15.7. The fourth-order valence-electron chi connectivity index (χ4n) is 5.24. The third kappa shape index (κ3) is 4.95. The zero-order chi connectivity index (χ0) is 29.0. The summed E-state index contributed by atoms with van der Waals surface area (Å²) in [7, 11) is 0. The second-order valence-corrected chi connectivity index (χ2v) is 13.5. The molecule has 0 aliphatic carbocycles. The number of thioether (sulfide) groups is 1. The number of halogens is 3. The standard InChI is InChI=1S/C29H20BrCl2N3O4S2/c1-14-5-2-3-8-19(14)33-20(36)13-34-28-25(41-29(34)39)21(17-6-4-7-18(31)23(17)32)22-24(40-28)27(38)35(26(22)37)16-11-9-15(30)10-12-16/h2-12,21-22,24H,13H2,1H3,(H,33,36). The molecule has 3 heterocycles. The van der Waals surface area contributed by atoms with Gasteiger partial charge >= 0.3 is 4.87 Å². The van der Waals surface area contributed by atoms with Gasteiger partial charge in [0, 0.05) is 21.0 Å². The lowest BCUT2D eigenvalue weighted by molar-refractivity contribution is -0.122. The van der Waals surface area contributed by atoms with Gasteiger partial charge in [0.25, 0.3) is 0 Å². The molecule has 41 heavy (non-hydrogen) atoms. The normalized spacial score (nSPS) is 19.7. The zero-order valence-corrected chi connectivity index (χ0v) is 26.0. The summed E-state index contributed by atoms with van der Waals surface area (Å²) >= 11 is 18.5. The Balaban J connectivity index is 1.44. The Morgan fingerprint density at radius 3 is 2.44 bits per heavy atom. The molecule has 7 nitrogen and oxygen atoms in total. The van der Waals surface area contributed by atoms with Crippen molar-refractivity contribution in [1.82, 2.24) is 4.57 Å². The molecule has 1 saturated heterocycles. The number of imide groups is 1. The van der Waals surface area contributed by atoms with Gasteiger partial charge in [0.05, 0.1) is 26.7 Å². The van der Waals surface area contributed by atoms with Crippen LogP contribution in [0.4, 0.5) is 11.4 Å². The van der Waals surface area contributed by atoms with Crippen LogP contribution in [0.2, 0.25) is 10.0 Å². The predicted molar refractivity (Wildman–Crippen MR) is 166 cm³/mol. The molecular weight excluding hydrogens is 669 g/mol. The van der Waals surface area contributed by atoms with E-state index in [4.69, 9.17) is 23.2 Å². The van der Waals surface area contributed by atoms with Gasteiger partial charge in [-0.3, -0.25) is 23.7 Å². The molecule has 2 aliphatic heterocycles. The monoisotopic (exact) mass is 687 g/mol. The molecule has 12 heteroatoms. The van der Waals surface area contributed by atoms with E-state index in [0.29, 0.717) is 31.9 Å². The highest BCUT2D eigenvalue weighted by molar-refractivity contribution is 9.10. The molecule has 3 aromatic carbocycles. The van der Waals surface area contributed by atoms with Crippen LogP contribution in [0.15, 0.2) is 81.0 Å². The molecular formula is C29H20BrCl2N3O4S2. The minimum atomic E-state index is -0.835. The maximum Gasteiger partial charge on any atom is 0.308 e. The molecule has 3 amide bonds. The number of rotatable bonds is 5. The topological polar surface area (TPSA) is 88.5 Å². The Morgan fingerprint density at radius 2 is 1.71 bits per heavy atom. The van der Waals surface area contributed by atoms with Gasteiger partial charge in [-0.05, 0) is 54.4 Å². The van der Waals surface area contributed by atoms with Crippen LogP contribution in [0.1, 0.15) is 21.9 Å². The summed E-state index contributed by atoms with van der Waals surface area (Å²) in [6.07, 6.45) is 0. The Bertz CT molecular complexity index is 1790. The lowest BCUT2D eigenvalue weighted by atomic mass is 9.83. The average molecular weight is 689 g/mol. The van der Waals surface area contributed by atoms with E-state index in [1.54, 1.807) is 48.5 Å². The molecule has 6 rings (SSSR count). The number of hydrogen-bond acceptors (Lipinski definition) is 6. The smallest absolute Gasteiger partial charge is 0.308 e. The van der Waals surface area contributed by atoms with E-state index in [9.17, 15) is 19.2 Å². The van der Waals surface area contributed by atoms with Gasteiger partial charge in [-0.15, -0.1) is 0 Å². The summed E-state index contributed by atoms with van der Waals surface area (Å²) in [4.78, 5) is 55.7. The number of nitrogens with zero attached hydrogens (tertiary/aromatic N) is 2. The highest BCUT2D eigenvalue weighted by Crippen LogP contribution is 2.55. The number of benzene rings is 3. The summed E-state index contributed by atoms with van der Waals surface area (Å²) in [5, 5.41) is 3.05. The van der Waals surface area contributed by atoms with Crippen LogP contribution in [-0.2, 0) is 20.9 Å². The number of carbonyl (C=O) groups excluding carboxylic acids is 3. The number of para-hydroxylation sites is 1. The summed E-state index contributed by atoms with van der Waals surface area (Å²) in [5.41, 5.74) is 2.53. The first-order valence-electron chi connectivity index (χ1n) is 12.5. The first kappa shape index (κ1) is 28.2. The molecule has 4 aromatic rings. The number of hydrogen-bond donors (Lipinski definition) is 1. The van der Waals surface area contributed by atoms with Crippen LogP contribution in [0.3, 0.4) is 0 Å². The summed E-state index contributed by atoms with van der Waals surface area (Å²) < 4.78 is 2.19. The van der Waals surface area contributed by atoms with E-state index in [-0.39, 0.29) is 28.3 Å². The van der Waals surface area contributed by atoms with Crippen LogP contribution in [0.25, 0.3) is 0 Å². The van der Waals surface area contributed by atoms with Gasteiger partial charge in [0.15, 0.2) is 0 Å². The summed E-state index contributed by atoms with van der Waals surface area (Å²) in [5.74, 6) is -2.70. The number of anilines is 2. The third-order valence-corrected chi connectivity index (χ3v) is 11.1. The van der Waals surface area contributed by atoms with E-state index in [1.165, 1.54) is 9.47 Å². The third-order valence-electron chi connectivity index (χ3n) is 7.17. The second kappa shape index (κ2) is 11.1. The van der Waals surface area contributed by atoms with Crippen molar-refractivity contribution in [3.8, 4) is 0 Å². The number of nitrogens with one attached hydrogen (secondary N) is 1. The maximum absolute atomic E-state index is 14.0. The van der Waals surface area contributed by atoms with Crippen molar-refractivity contribution < 1.29 is 14.4 Å². The first-order chi connectivity index (χ1) is 19.7. The number of aromatic nitrogens is 1. The lowest BCUT2D eigenvalue weighted by Crippen LogP contribution is -2.33. The maximum atomic E-state index is 14.0. The molecule has 208 valence electrons. The molecule has 3 unspecified atom stereocenters. The lowest BCUT2D eigenvalue weighted by Gasteiger charge is -2.31. The number of thiazole rings is 1. The Morgan fingerprint density at radius 1 is 0.976 bits per heavy atom. The van der Waals surface area contributed by atoms with Crippen LogP contribution < -0.4 is 15.1 Å². The van der Waals surface area contributed by atoms with Crippen molar-refractivity contribution >= 4 is 91.3 Å². The highest BCUT2D eigenvalue weighted by Gasteiger charge is 2.57. The minimum Gasteiger partial charge on any atom is -0.324 e. The zero-order valence-electron chi connectivity index (χ0n) is 21.3. The summed E-state index contributed by atoms with van der Waals surface area (Å²) in [6, 6.07) is 19.4. The van der Waals surface area contributed by atoms with E-state index in [2.05, 4.69) is 21.2 Å². The number of amides is 3. The molecule has 0 spiro atoms. The van der Waals surface area contributed by atoms with Crippen molar-refractivity contribution in [3.63, 3.8) is 0 Å². The number of fused-ring (bicyclic) bond motifs is 2.